The highest BCUT2D eigenvalue weighted by molar-refractivity contribution is 6.03. The number of carbonyl (C=O) groups is 2. The molecule has 1 unspecified atom stereocenters. The van der Waals surface area contributed by atoms with Gasteiger partial charge in [0.2, 0.25) is 11.8 Å². The van der Waals surface area contributed by atoms with E-state index in [0.29, 0.717) is 12.8 Å². The predicted octanol–water partition coefficient (Wildman–Crippen LogP) is 2.18. The van der Waals surface area contributed by atoms with Crippen molar-refractivity contribution in [3.05, 3.63) is 12.2 Å². The van der Waals surface area contributed by atoms with Crippen LogP contribution in [0.3, 0.4) is 0 Å². The van der Waals surface area contributed by atoms with E-state index in [4.69, 9.17) is 0 Å². The molecule has 2 amide bonds. The lowest BCUT2D eigenvalue weighted by Gasteiger charge is -1.99. The molecule has 1 fully saturated rings. The standard InChI is InChI=1S/C12H19NO2/c1-2-3-4-5-6-7-8-10-9-11(14)13-12(10)15/h6-7,10H,2-5,8-9H2,1H3,(H,13,14,15). The number of rotatable bonds is 6. The van der Waals surface area contributed by atoms with Crippen LogP contribution in [0.15, 0.2) is 12.2 Å². The van der Waals surface area contributed by atoms with Crippen molar-refractivity contribution in [2.75, 3.05) is 0 Å². The third-order valence-electron chi connectivity index (χ3n) is 2.63. The second-order valence-corrected chi connectivity index (χ2v) is 4.02. The molecule has 1 rings (SSSR count). The monoisotopic (exact) mass is 209 g/mol. The Kier molecular flexibility index (Phi) is 5.08. The van der Waals surface area contributed by atoms with E-state index in [1.807, 2.05) is 6.08 Å². The summed E-state index contributed by atoms with van der Waals surface area (Å²) >= 11 is 0. The number of hydrogen-bond donors (Lipinski definition) is 1. The molecule has 0 spiro atoms. The van der Waals surface area contributed by atoms with Gasteiger partial charge in [-0.05, 0) is 19.3 Å². The van der Waals surface area contributed by atoms with Crippen molar-refractivity contribution in [3.63, 3.8) is 0 Å². The van der Waals surface area contributed by atoms with Crippen LogP contribution in [0.4, 0.5) is 0 Å². The molecule has 0 aromatic heterocycles. The average molecular weight is 209 g/mol. The fourth-order valence-corrected chi connectivity index (χ4v) is 1.69. The van der Waals surface area contributed by atoms with Crippen LogP contribution in [-0.4, -0.2) is 11.8 Å². The molecule has 0 saturated carbocycles. The van der Waals surface area contributed by atoms with E-state index in [-0.39, 0.29) is 17.7 Å². The Morgan fingerprint density at radius 2 is 2.13 bits per heavy atom. The smallest absolute Gasteiger partial charge is 0.230 e. The second-order valence-electron chi connectivity index (χ2n) is 4.02. The quantitative estimate of drug-likeness (QED) is 0.414. The van der Waals surface area contributed by atoms with Gasteiger partial charge < -0.3 is 0 Å². The fourth-order valence-electron chi connectivity index (χ4n) is 1.69. The number of amides is 2. The van der Waals surface area contributed by atoms with E-state index in [2.05, 4.69) is 18.3 Å². The minimum atomic E-state index is -0.135. The largest absolute Gasteiger partial charge is 0.296 e. The Bertz CT molecular complexity index is 258. The average Bonchev–Trinajstić information content (AvgIpc) is 2.51. The molecule has 15 heavy (non-hydrogen) atoms. The summed E-state index contributed by atoms with van der Waals surface area (Å²) in [4.78, 5) is 22.1. The molecule has 1 atom stereocenters. The van der Waals surface area contributed by atoms with Crippen molar-refractivity contribution in [2.24, 2.45) is 5.92 Å². The summed E-state index contributed by atoms with van der Waals surface area (Å²) in [5.74, 6) is -0.373. The van der Waals surface area contributed by atoms with E-state index in [9.17, 15) is 9.59 Å². The van der Waals surface area contributed by atoms with Gasteiger partial charge in [-0.2, -0.15) is 0 Å². The normalized spacial score (nSPS) is 21.3. The zero-order valence-corrected chi connectivity index (χ0v) is 9.29. The highest BCUT2D eigenvalue weighted by Crippen LogP contribution is 2.15. The summed E-state index contributed by atoms with van der Waals surface area (Å²) in [6.45, 7) is 2.18. The molecule has 1 N–H and O–H groups in total. The molecule has 0 aromatic carbocycles. The summed E-state index contributed by atoms with van der Waals surface area (Å²) in [7, 11) is 0. The van der Waals surface area contributed by atoms with Crippen LogP contribution in [0.2, 0.25) is 0 Å². The van der Waals surface area contributed by atoms with Gasteiger partial charge >= 0.3 is 0 Å². The molecule has 1 saturated heterocycles. The molecule has 1 heterocycles. The first kappa shape index (κ1) is 12.0. The number of hydrogen-bond acceptors (Lipinski definition) is 2. The van der Waals surface area contributed by atoms with E-state index in [1.54, 1.807) is 0 Å². The number of nitrogens with one attached hydrogen (secondary N) is 1. The zero-order valence-electron chi connectivity index (χ0n) is 9.29. The molecule has 0 aliphatic carbocycles. The van der Waals surface area contributed by atoms with Gasteiger partial charge in [-0.25, -0.2) is 0 Å². The van der Waals surface area contributed by atoms with Gasteiger partial charge in [0.15, 0.2) is 0 Å². The number of unbranched alkanes of at least 4 members (excludes halogenated alkanes) is 3. The van der Waals surface area contributed by atoms with E-state index >= 15 is 0 Å². The number of allylic oxidation sites excluding steroid dienone is 2. The van der Waals surface area contributed by atoms with Crippen molar-refractivity contribution < 1.29 is 9.59 Å². The molecular formula is C12H19NO2. The van der Waals surface area contributed by atoms with Gasteiger partial charge in [0.05, 0.1) is 5.92 Å². The van der Waals surface area contributed by atoms with Crippen LogP contribution in [0.25, 0.3) is 0 Å². The Balaban J connectivity index is 2.14. The minimum absolute atomic E-state index is 0.113. The van der Waals surface area contributed by atoms with Crippen LogP contribution < -0.4 is 5.32 Å². The van der Waals surface area contributed by atoms with Crippen molar-refractivity contribution in [3.8, 4) is 0 Å². The highest BCUT2D eigenvalue weighted by Gasteiger charge is 2.28. The van der Waals surface area contributed by atoms with E-state index < -0.39 is 0 Å². The molecule has 1 aliphatic rings. The highest BCUT2D eigenvalue weighted by atomic mass is 16.2. The predicted molar refractivity (Wildman–Crippen MR) is 59.2 cm³/mol. The van der Waals surface area contributed by atoms with Crippen molar-refractivity contribution in [2.45, 2.75) is 45.4 Å². The topological polar surface area (TPSA) is 46.2 Å². The van der Waals surface area contributed by atoms with Gasteiger partial charge in [0, 0.05) is 6.42 Å². The first-order chi connectivity index (χ1) is 7.24. The summed E-state index contributed by atoms with van der Waals surface area (Å²) in [5.41, 5.74) is 0. The maximum Gasteiger partial charge on any atom is 0.230 e. The molecular weight excluding hydrogens is 190 g/mol. The summed E-state index contributed by atoms with van der Waals surface area (Å²) < 4.78 is 0. The van der Waals surface area contributed by atoms with Crippen molar-refractivity contribution >= 4 is 11.8 Å². The third kappa shape index (κ3) is 4.28. The maximum absolute atomic E-state index is 11.2. The number of imide groups is 1. The Morgan fingerprint density at radius 1 is 1.33 bits per heavy atom. The molecule has 3 nitrogen and oxygen atoms in total. The Labute approximate surface area is 90.9 Å². The van der Waals surface area contributed by atoms with E-state index in [1.165, 1.54) is 19.3 Å². The molecule has 3 heteroatoms. The third-order valence-corrected chi connectivity index (χ3v) is 2.63. The zero-order chi connectivity index (χ0) is 11.1. The van der Waals surface area contributed by atoms with Gasteiger partial charge in [-0.15, -0.1) is 0 Å². The van der Waals surface area contributed by atoms with Crippen molar-refractivity contribution in [1.29, 1.82) is 0 Å². The second kappa shape index (κ2) is 6.38. The lowest BCUT2D eigenvalue weighted by atomic mass is 10.0. The lowest BCUT2D eigenvalue weighted by Crippen LogP contribution is -2.21. The van der Waals surface area contributed by atoms with Gasteiger partial charge in [-0.3, -0.25) is 14.9 Å². The van der Waals surface area contributed by atoms with Crippen LogP contribution in [-0.2, 0) is 9.59 Å². The molecule has 0 bridgehead atoms. The maximum atomic E-state index is 11.2. The first-order valence-electron chi connectivity index (χ1n) is 5.72. The molecule has 1 aliphatic heterocycles. The van der Waals surface area contributed by atoms with Crippen LogP contribution >= 0.6 is 0 Å². The summed E-state index contributed by atoms with van der Waals surface area (Å²) in [6, 6.07) is 0. The first-order valence-corrected chi connectivity index (χ1v) is 5.72. The van der Waals surface area contributed by atoms with Crippen molar-refractivity contribution in [1.82, 2.24) is 5.32 Å². The van der Waals surface area contributed by atoms with Gasteiger partial charge in [0.25, 0.3) is 0 Å². The SMILES string of the molecule is CCCCCC=CCC1CC(=O)NC1=O. The van der Waals surface area contributed by atoms with Crippen LogP contribution in [0.1, 0.15) is 45.4 Å². The molecule has 84 valence electrons. The minimum Gasteiger partial charge on any atom is -0.296 e. The van der Waals surface area contributed by atoms with Gasteiger partial charge in [0.1, 0.15) is 0 Å². The summed E-state index contributed by atoms with van der Waals surface area (Å²) in [6.07, 6.45) is 9.98. The number of carbonyl (C=O) groups excluding carboxylic acids is 2. The lowest BCUT2D eigenvalue weighted by molar-refractivity contribution is -0.125. The van der Waals surface area contributed by atoms with Gasteiger partial charge in [-0.1, -0.05) is 31.9 Å². The summed E-state index contributed by atoms with van der Waals surface area (Å²) in [5, 5.41) is 2.32. The fraction of sp³-hybridized carbons (Fsp3) is 0.667. The Morgan fingerprint density at radius 3 is 2.73 bits per heavy atom. The van der Waals surface area contributed by atoms with Crippen LogP contribution in [0.5, 0.6) is 0 Å². The van der Waals surface area contributed by atoms with E-state index in [0.717, 1.165) is 6.42 Å². The molecule has 0 radical (unpaired) electrons. The Hall–Kier alpha value is -1.12. The van der Waals surface area contributed by atoms with Crippen LogP contribution in [0, 0.1) is 5.92 Å². The molecule has 0 aromatic rings.